The normalized spacial score (nSPS) is 13.0. The summed E-state index contributed by atoms with van der Waals surface area (Å²) in [6.45, 7) is 2.24. The van der Waals surface area contributed by atoms with E-state index in [-0.39, 0.29) is 31.5 Å². The SMILES string of the molecule is CCCC(N)C(=O)NCC(O)COc1ccc(I)cc1.Cl. The fraction of sp³-hybridized carbons (Fsp3) is 0.500. The van der Waals surface area contributed by atoms with Gasteiger partial charge in [0.15, 0.2) is 0 Å². The van der Waals surface area contributed by atoms with Gasteiger partial charge in [-0.2, -0.15) is 0 Å². The molecule has 120 valence electrons. The maximum absolute atomic E-state index is 11.6. The lowest BCUT2D eigenvalue weighted by Crippen LogP contribution is -2.44. The molecule has 0 saturated heterocycles. The van der Waals surface area contributed by atoms with Gasteiger partial charge in [-0.15, -0.1) is 12.4 Å². The number of carbonyl (C=O) groups excluding carboxylic acids is 1. The van der Waals surface area contributed by atoms with Crippen molar-refractivity contribution in [3.05, 3.63) is 27.8 Å². The molecule has 0 aliphatic heterocycles. The maximum atomic E-state index is 11.6. The number of amides is 1. The number of aliphatic hydroxyl groups excluding tert-OH is 1. The van der Waals surface area contributed by atoms with Crippen LogP contribution in [0.25, 0.3) is 0 Å². The largest absolute Gasteiger partial charge is 0.491 e. The van der Waals surface area contributed by atoms with Crippen molar-refractivity contribution in [3.63, 3.8) is 0 Å². The smallest absolute Gasteiger partial charge is 0.237 e. The van der Waals surface area contributed by atoms with Crippen LogP contribution in [0.5, 0.6) is 5.75 Å². The van der Waals surface area contributed by atoms with E-state index in [0.717, 1.165) is 9.99 Å². The molecule has 0 aliphatic rings. The van der Waals surface area contributed by atoms with Crippen LogP contribution in [-0.2, 0) is 4.79 Å². The number of carbonyl (C=O) groups is 1. The summed E-state index contributed by atoms with van der Waals surface area (Å²) in [5, 5.41) is 12.4. The van der Waals surface area contributed by atoms with Crippen LogP contribution >= 0.6 is 35.0 Å². The molecule has 21 heavy (non-hydrogen) atoms. The third-order valence-electron chi connectivity index (χ3n) is 2.70. The summed E-state index contributed by atoms with van der Waals surface area (Å²) in [6.07, 6.45) is 0.737. The highest BCUT2D eigenvalue weighted by Gasteiger charge is 2.13. The van der Waals surface area contributed by atoms with Gasteiger partial charge < -0.3 is 20.9 Å². The lowest BCUT2D eigenvalue weighted by molar-refractivity contribution is -0.123. The molecule has 7 heteroatoms. The Morgan fingerprint density at radius 3 is 2.62 bits per heavy atom. The first-order chi connectivity index (χ1) is 9.52. The lowest BCUT2D eigenvalue weighted by atomic mass is 10.1. The molecule has 0 heterocycles. The van der Waals surface area contributed by atoms with Gasteiger partial charge in [0.2, 0.25) is 5.91 Å². The van der Waals surface area contributed by atoms with Crippen LogP contribution in [-0.4, -0.2) is 36.3 Å². The molecule has 1 amide bonds. The number of ether oxygens (including phenoxy) is 1. The third-order valence-corrected chi connectivity index (χ3v) is 3.42. The molecule has 1 aromatic rings. The lowest BCUT2D eigenvalue weighted by Gasteiger charge is -2.15. The number of hydrogen-bond donors (Lipinski definition) is 3. The molecular formula is C14H22ClIN2O3. The van der Waals surface area contributed by atoms with Crippen LogP contribution in [0.1, 0.15) is 19.8 Å². The average Bonchev–Trinajstić information content (AvgIpc) is 2.44. The number of halogens is 2. The van der Waals surface area contributed by atoms with Crippen LogP contribution in [0, 0.1) is 3.57 Å². The van der Waals surface area contributed by atoms with Crippen LogP contribution in [0.3, 0.4) is 0 Å². The minimum atomic E-state index is -0.757. The first-order valence-corrected chi connectivity index (χ1v) is 7.70. The fourth-order valence-electron chi connectivity index (χ4n) is 1.57. The van der Waals surface area contributed by atoms with Crippen molar-refractivity contribution in [2.75, 3.05) is 13.2 Å². The van der Waals surface area contributed by atoms with E-state index < -0.39 is 12.1 Å². The highest BCUT2D eigenvalue weighted by atomic mass is 127. The van der Waals surface area contributed by atoms with Gasteiger partial charge in [0.25, 0.3) is 0 Å². The summed E-state index contributed by atoms with van der Waals surface area (Å²) in [5.74, 6) is 0.457. The number of hydrogen-bond acceptors (Lipinski definition) is 4. The van der Waals surface area contributed by atoms with E-state index in [0.29, 0.717) is 12.2 Å². The van der Waals surface area contributed by atoms with Crippen LogP contribution < -0.4 is 15.8 Å². The van der Waals surface area contributed by atoms with Gasteiger partial charge >= 0.3 is 0 Å². The summed E-state index contributed by atoms with van der Waals surface area (Å²) >= 11 is 2.21. The van der Waals surface area contributed by atoms with Gasteiger partial charge in [-0.1, -0.05) is 13.3 Å². The standard InChI is InChI=1S/C14H21IN2O3.ClH/c1-2-3-13(16)14(19)17-8-11(18)9-20-12-6-4-10(15)5-7-12;/h4-7,11,13,18H,2-3,8-9,16H2,1H3,(H,17,19);1H. The van der Waals surface area contributed by atoms with E-state index in [1.165, 1.54) is 0 Å². The Labute approximate surface area is 145 Å². The Morgan fingerprint density at radius 1 is 1.43 bits per heavy atom. The van der Waals surface area contributed by atoms with Gasteiger partial charge in [-0.3, -0.25) is 4.79 Å². The average molecular weight is 429 g/mol. The number of benzene rings is 1. The molecule has 0 aliphatic carbocycles. The van der Waals surface area contributed by atoms with E-state index in [4.69, 9.17) is 10.5 Å². The second-order valence-electron chi connectivity index (χ2n) is 4.56. The summed E-state index contributed by atoms with van der Waals surface area (Å²) < 4.78 is 6.55. The quantitative estimate of drug-likeness (QED) is 0.550. The van der Waals surface area contributed by atoms with Gasteiger partial charge in [0, 0.05) is 10.1 Å². The monoisotopic (exact) mass is 428 g/mol. The van der Waals surface area contributed by atoms with Crippen LogP contribution in [0.4, 0.5) is 0 Å². The van der Waals surface area contributed by atoms with Crippen molar-refractivity contribution in [3.8, 4) is 5.75 Å². The first kappa shape index (κ1) is 20.4. The molecule has 0 aromatic heterocycles. The van der Waals surface area contributed by atoms with E-state index in [1.807, 2.05) is 31.2 Å². The van der Waals surface area contributed by atoms with E-state index >= 15 is 0 Å². The zero-order valence-corrected chi connectivity index (χ0v) is 14.9. The minimum absolute atomic E-state index is 0. The Bertz CT molecular complexity index is 417. The summed E-state index contributed by atoms with van der Waals surface area (Å²) in [6, 6.07) is 7.01. The Kier molecular flexibility index (Phi) is 10.8. The molecule has 0 fully saturated rings. The third kappa shape index (κ3) is 8.45. The fourth-order valence-corrected chi connectivity index (χ4v) is 1.93. The molecule has 0 spiro atoms. The minimum Gasteiger partial charge on any atom is -0.491 e. The zero-order chi connectivity index (χ0) is 15.0. The summed E-state index contributed by atoms with van der Waals surface area (Å²) in [5.41, 5.74) is 5.67. The van der Waals surface area contributed by atoms with Gasteiger partial charge in [0.1, 0.15) is 18.5 Å². The Morgan fingerprint density at radius 2 is 2.05 bits per heavy atom. The second-order valence-corrected chi connectivity index (χ2v) is 5.80. The molecule has 1 aromatic carbocycles. The first-order valence-electron chi connectivity index (χ1n) is 6.62. The topological polar surface area (TPSA) is 84.6 Å². The van der Waals surface area contributed by atoms with Crippen molar-refractivity contribution in [2.24, 2.45) is 5.73 Å². The predicted molar refractivity (Wildman–Crippen MR) is 93.8 cm³/mol. The Balaban J connectivity index is 0.00000400. The highest BCUT2D eigenvalue weighted by Crippen LogP contribution is 2.13. The molecule has 1 rings (SSSR count). The van der Waals surface area contributed by atoms with Crippen molar-refractivity contribution in [1.82, 2.24) is 5.32 Å². The van der Waals surface area contributed by atoms with E-state index in [1.54, 1.807) is 0 Å². The zero-order valence-electron chi connectivity index (χ0n) is 11.9. The highest BCUT2D eigenvalue weighted by molar-refractivity contribution is 14.1. The number of aliphatic hydroxyl groups is 1. The second kappa shape index (κ2) is 11.1. The molecule has 5 nitrogen and oxygen atoms in total. The molecule has 0 saturated carbocycles. The number of nitrogens with one attached hydrogen (secondary N) is 1. The van der Waals surface area contributed by atoms with E-state index in [2.05, 4.69) is 27.9 Å². The number of rotatable bonds is 8. The molecule has 0 bridgehead atoms. The van der Waals surface area contributed by atoms with Gasteiger partial charge in [-0.05, 0) is 53.3 Å². The van der Waals surface area contributed by atoms with Gasteiger partial charge in [0.05, 0.1) is 6.04 Å². The van der Waals surface area contributed by atoms with Crippen molar-refractivity contribution < 1.29 is 14.6 Å². The predicted octanol–water partition coefficient (Wildman–Crippen LogP) is 1.70. The van der Waals surface area contributed by atoms with Crippen molar-refractivity contribution >= 4 is 40.9 Å². The Hall–Kier alpha value is -0.570. The maximum Gasteiger partial charge on any atom is 0.237 e. The van der Waals surface area contributed by atoms with Gasteiger partial charge in [-0.25, -0.2) is 0 Å². The molecule has 4 N–H and O–H groups in total. The van der Waals surface area contributed by atoms with Crippen LogP contribution in [0.2, 0.25) is 0 Å². The molecule has 2 unspecified atom stereocenters. The molecular weight excluding hydrogens is 407 g/mol. The molecule has 0 radical (unpaired) electrons. The van der Waals surface area contributed by atoms with Crippen molar-refractivity contribution in [2.45, 2.75) is 31.9 Å². The number of nitrogens with two attached hydrogens (primary N) is 1. The van der Waals surface area contributed by atoms with Crippen LogP contribution in [0.15, 0.2) is 24.3 Å². The van der Waals surface area contributed by atoms with E-state index in [9.17, 15) is 9.90 Å². The summed E-state index contributed by atoms with van der Waals surface area (Å²) in [7, 11) is 0. The molecule has 2 atom stereocenters. The van der Waals surface area contributed by atoms with Crippen molar-refractivity contribution in [1.29, 1.82) is 0 Å². The summed E-state index contributed by atoms with van der Waals surface area (Å²) in [4.78, 5) is 11.6.